The Labute approximate surface area is 149 Å². The van der Waals surface area contributed by atoms with Gasteiger partial charge in [0.2, 0.25) is 0 Å². The summed E-state index contributed by atoms with van der Waals surface area (Å²) in [7, 11) is 0. The lowest BCUT2D eigenvalue weighted by atomic mass is 10.1. The smallest absolute Gasteiger partial charge is 0.263 e. The van der Waals surface area contributed by atoms with Crippen LogP contribution in [0.4, 0.5) is 10.1 Å². The van der Waals surface area contributed by atoms with Crippen molar-refractivity contribution in [1.82, 2.24) is 10.3 Å². The van der Waals surface area contributed by atoms with Crippen molar-refractivity contribution in [2.24, 2.45) is 0 Å². The fraction of sp³-hybridized carbons (Fsp3) is 0.176. The third kappa shape index (κ3) is 3.34. The molecule has 0 saturated heterocycles. The highest BCUT2D eigenvalue weighted by atomic mass is 35.5. The van der Waals surface area contributed by atoms with Crippen LogP contribution in [0.5, 0.6) is 0 Å². The summed E-state index contributed by atoms with van der Waals surface area (Å²) in [5.74, 6) is -0.656. The summed E-state index contributed by atoms with van der Waals surface area (Å²) in [5, 5.41) is 3.53. The van der Waals surface area contributed by atoms with Gasteiger partial charge in [-0.25, -0.2) is 9.37 Å². The second kappa shape index (κ2) is 7.15. The fourth-order valence-electron chi connectivity index (χ4n) is 2.54. The molecule has 3 N–H and O–H groups in total. The van der Waals surface area contributed by atoms with E-state index in [1.807, 2.05) is 19.9 Å². The van der Waals surface area contributed by atoms with Gasteiger partial charge >= 0.3 is 0 Å². The number of nitrogens with two attached hydrogens (primary N) is 1. The summed E-state index contributed by atoms with van der Waals surface area (Å²) >= 11 is 1.26. The Balaban J connectivity index is 0.00000208. The average Bonchev–Trinajstić information content (AvgIpc) is 2.83. The van der Waals surface area contributed by atoms with Crippen LogP contribution >= 0.6 is 23.7 Å². The third-order valence-corrected chi connectivity index (χ3v) is 4.73. The Morgan fingerprint density at radius 1 is 1.33 bits per heavy atom. The van der Waals surface area contributed by atoms with Crippen molar-refractivity contribution < 1.29 is 9.18 Å². The van der Waals surface area contributed by atoms with E-state index in [1.54, 1.807) is 18.2 Å². The Morgan fingerprint density at radius 3 is 2.75 bits per heavy atom. The maximum Gasteiger partial charge on any atom is 0.263 e. The topological polar surface area (TPSA) is 68.0 Å². The van der Waals surface area contributed by atoms with E-state index in [0.717, 1.165) is 21.5 Å². The molecular weight excluding hydrogens is 349 g/mol. The number of nitrogens with one attached hydrogen (secondary N) is 1. The van der Waals surface area contributed by atoms with Crippen molar-refractivity contribution in [2.75, 3.05) is 5.73 Å². The largest absolute Gasteiger partial charge is 0.397 e. The molecule has 1 amide bonds. The molecule has 2 aromatic heterocycles. The van der Waals surface area contributed by atoms with Gasteiger partial charge in [-0.15, -0.1) is 23.7 Å². The van der Waals surface area contributed by atoms with Gasteiger partial charge in [0.25, 0.3) is 5.91 Å². The molecule has 3 aromatic rings. The monoisotopic (exact) mass is 365 g/mol. The number of carbonyl (C=O) groups excluding carboxylic acids is 1. The standard InChI is InChI=1S/C17H16FN3OS.ClH/c1-9-7-10(2)21-17-13(9)14(19)15(23-17)16(22)20-8-11-5-3-4-6-12(11)18;/h3-7H,8,19H2,1-2H3,(H,20,22);1H. The molecule has 0 bridgehead atoms. The van der Waals surface area contributed by atoms with Crippen molar-refractivity contribution in [3.05, 3.63) is 57.8 Å². The number of rotatable bonds is 3. The maximum absolute atomic E-state index is 13.6. The van der Waals surface area contributed by atoms with Crippen LogP contribution in [0.2, 0.25) is 0 Å². The van der Waals surface area contributed by atoms with E-state index in [9.17, 15) is 9.18 Å². The van der Waals surface area contributed by atoms with Gasteiger partial charge in [-0.1, -0.05) is 18.2 Å². The third-order valence-electron chi connectivity index (χ3n) is 3.63. The number of carbonyl (C=O) groups is 1. The minimum absolute atomic E-state index is 0. The van der Waals surface area contributed by atoms with Crippen molar-refractivity contribution in [3.63, 3.8) is 0 Å². The van der Waals surface area contributed by atoms with Crippen LogP contribution in [0.15, 0.2) is 30.3 Å². The van der Waals surface area contributed by atoms with Crippen LogP contribution in [0.3, 0.4) is 0 Å². The van der Waals surface area contributed by atoms with Crippen molar-refractivity contribution in [2.45, 2.75) is 20.4 Å². The molecule has 0 fully saturated rings. The number of aryl methyl sites for hydroxylation is 2. The molecule has 0 aliphatic rings. The van der Waals surface area contributed by atoms with Gasteiger partial charge in [-0.2, -0.15) is 0 Å². The molecule has 0 aliphatic heterocycles. The zero-order valence-electron chi connectivity index (χ0n) is 13.2. The van der Waals surface area contributed by atoms with Crippen LogP contribution in [-0.2, 0) is 6.54 Å². The first-order chi connectivity index (χ1) is 11.0. The number of thiophene rings is 1. The SMILES string of the molecule is Cc1cc(C)c2c(N)c(C(=O)NCc3ccccc3F)sc2n1.Cl. The van der Waals surface area contributed by atoms with Gasteiger partial charge in [0.05, 0.1) is 5.69 Å². The number of anilines is 1. The Morgan fingerprint density at radius 2 is 2.04 bits per heavy atom. The van der Waals surface area contributed by atoms with Crippen molar-refractivity contribution >= 4 is 45.6 Å². The molecule has 7 heteroatoms. The zero-order valence-corrected chi connectivity index (χ0v) is 14.9. The summed E-state index contributed by atoms with van der Waals surface area (Å²) in [6.45, 7) is 3.96. The van der Waals surface area contributed by atoms with Gasteiger partial charge in [0.1, 0.15) is 15.5 Å². The summed E-state index contributed by atoms with van der Waals surface area (Å²) in [4.78, 5) is 18.0. The fourth-order valence-corrected chi connectivity index (χ4v) is 3.67. The van der Waals surface area contributed by atoms with E-state index in [4.69, 9.17) is 5.73 Å². The first-order valence-electron chi connectivity index (χ1n) is 7.15. The first kappa shape index (κ1) is 18.2. The molecule has 24 heavy (non-hydrogen) atoms. The number of fused-ring (bicyclic) bond motifs is 1. The van der Waals surface area contributed by atoms with Gasteiger partial charge in [0.15, 0.2) is 0 Å². The van der Waals surface area contributed by atoms with Gasteiger partial charge in [-0.05, 0) is 31.5 Å². The number of hydrogen-bond donors (Lipinski definition) is 2. The number of halogens is 2. The molecule has 0 saturated carbocycles. The summed E-state index contributed by atoms with van der Waals surface area (Å²) in [6, 6.07) is 8.28. The molecule has 0 atom stereocenters. The number of hydrogen-bond acceptors (Lipinski definition) is 4. The molecule has 0 radical (unpaired) electrons. The van der Waals surface area contributed by atoms with Crippen molar-refractivity contribution in [1.29, 1.82) is 0 Å². The van der Waals surface area contributed by atoms with E-state index >= 15 is 0 Å². The van der Waals surface area contributed by atoms with E-state index in [-0.39, 0.29) is 30.7 Å². The lowest BCUT2D eigenvalue weighted by Gasteiger charge is -2.05. The Hall–Kier alpha value is -2.18. The number of aromatic nitrogens is 1. The minimum Gasteiger partial charge on any atom is -0.397 e. The lowest BCUT2D eigenvalue weighted by Crippen LogP contribution is -2.23. The van der Waals surface area contributed by atoms with Crippen molar-refractivity contribution in [3.8, 4) is 0 Å². The summed E-state index contributed by atoms with van der Waals surface area (Å²) in [5.41, 5.74) is 8.87. The highest BCUT2D eigenvalue weighted by Crippen LogP contribution is 2.34. The molecule has 0 unspecified atom stereocenters. The van der Waals surface area contributed by atoms with Crippen LogP contribution < -0.4 is 11.1 Å². The maximum atomic E-state index is 13.6. The van der Waals surface area contributed by atoms with Crippen LogP contribution in [0, 0.1) is 19.7 Å². The molecule has 0 aliphatic carbocycles. The van der Waals surface area contributed by atoms with Gasteiger partial charge in [0, 0.05) is 23.2 Å². The molecule has 4 nitrogen and oxygen atoms in total. The number of pyridine rings is 1. The highest BCUT2D eigenvalue weighted by Gasteiger charge is 2.19. The second-order valence-corrected chi connectivity index (χ2v) is 6.38. The van der Waals surface area contributed by atoms with E-state index in [2.05, 4.69) is 10.3 Å². The molecule has 1 aromatic carbocycles. The Bertz CT molecular complexity index is 910. The quantitative estimate of drug-likeness (QED) is 0.737. The summed E-state index contributed by atoms with van der Waals surface area (Å²) < 4.78 is 13.6. The van der Waals surface area contributed by atoms with Gasteiger partial charge in [-0.3, -0.25) is 4.79 Å². The van der Waals surface area contributed by atoms with Crippen LogP contribution in [0.1, 0.15) is 26.5 Å². The normalized spacial score (nSPS) is 10.5. The number of benzene rings is 1. The minimum atomic E-state index is -0.342. The average molecular weight is 366 g/mol. The predicted molar refractivity (Wildman–Crippen MR) is 98.3 cm³/mol. The first-order valence-corrected chi connectivity index (χ1v) is 7.97. The second-order valence-electron chi connectivity index (χ2n) is 5.38. The molecule has 0 spiro atoms. The highest BCUT2D eigenvalue weighted by molar-refractivity contribution is 7.21. The van der Waals surface area contributed by atoms with Crippen LogP contribution in [-0.4, -0.2) is 10.9 Å². The molecule has 126 valence electrons. The zero-order chi connectivity index (χ0) is 16.6. The van der Waals surface area contributed by atoms with E-state index in [0.29, 0.717) is 16.1 Å². The lowest BCUT2D eigenvalue weighted by molar-refractivity contribution is 0.0955. The Kier molecular flexibility index (Phi) is 5.41. The molecule has 2 heterocycles. The van der Waals surface area contributed by atoms with Gasteiger partial charge < -0.3 is 11.1 Å². The predicted octanol–water partition coefficient (Wildman–Crippen LogP) is 3.99. The molecular formula is C17H17ClFN3OS. The molecule has 3 rings (SSSR count). The number of amides is 1. The number of nitrogens with zero attached hydrogens (tertiary/aromatic N) is 1. The summed E-state index contributed by atoms with van der Waals surface area (Å²) in [6.07, 6.45) is 0. The van der Waals surface area contributed by atoms with E-state index < -0.39 is 0 Å². The number of nitrogen functional groups attached to an aromatic ring is 1. The van der Waals surface area contributed by atoms with Crippen LogP contribution in [0.25, 0.3) is 10.2 Å². The van der Waals surface area contributed by atoms with E-state index in [1.165, 1.54) is 17.4 Å².